The molecule has 2 rings (SSSR count). The summed E-state index contributed by atoms with van der Waals surface area (Å²) in [6.45, 7) is 0.536. The SMILES string of the molecule is CO[C@@H](C(=O)N(C)Cc1ccncc1)c1ccccc1. The Hall–Kier alpha value is -2.20. The summed E-state index contributed by atoms with van der Waals surface area (Å²) < 4.78 is 5.35. The average molecular weight is 270 g/mol. The second-order valence-corrected chi connectivity index (χ2v) is 4.58. The van der Waals surface area contributed by atoms with Gasteiger partial charge in [0, 0.05) is 33.1 Å². The van der Waals surface area contributed by atoms with Crippen LogP contribution in [0.4, 0.5) is 0 Å². The minimum absolute atomic E-state index is 0.0597. The van der Waals surface area contributed by atoms with E-state index in [1.54, 1.807) is 31.5 Å². The molecule has 0 N–H and O–H groups in total. The van der Waals surface area contributed by atoms with Gasteiger partial charge in [-0.05, 0) is 23.3 Å². The van der Waals surface area contributed by atoms with Crippen LogP contribution in [0.5, 0.6) is 0 Å². The van der Waals surface area contributed by atoms with Crippen LogP contribution < -0.4 is 0 Å². The second-order valence-electron chi connectivity index (χ2n) is 4.58. The van der Waals surface area contributed by atoms with E-state index < -0.39 is 6.10 Å². The van der Waals surface area contributed by atoms with E-state index in [-0.39, 0.29) is 5.91 Å². The van der Waals surface area contributed by atoms with Gasteiger partial charge >= 0.3 is 0 Å². The van der Waals surface area contributed by atoms with Crippen molar-refractivity contribution in [1.82, 2.24) is 9.88 Å². The van der Waals surface area contributed by atoms with Crippen molar-refractivity contribution in [3.8, 4) is 0 Å². The Morgan fingerprint density at radius 1 is 1.20 bits per heavy atom. The Balaban J connectivity index is 2.09. The number of aromatic nitrogens is 1. The van der Waals surface area contributed by atoms with Gasteiger partial charge in [0.1, 0.15) is 0 Å². The maximum atomic E-state index is 12.5. The topological polar surface area (TPSA) is 42.4 Å². The van der Waals surface area contributed by atoms with Gasteiger partial charge in [-0.3, -0.25) is 9.78 Å². The summed E-state index contributed by atoms with van der Waals surface area (Å²) in [5.41, 5.74) is 1.90. The molecule has 1 aromatic heterocycles. The lowest BCUT2D eigenvalue weighted by molar-refractivity contribution is -0.141. The molecule has 1 atom stereocenters. The fraction of sp³-hybridized carbons (Fsp3) is 0.250. The molecule has 1 amide bonds. The smallest absolute Gasteiger partial charge is 0.256 e. The summed E-state index contributed by atoms with van der Waals surface area (Å²) in [4.78, 5) is 18.1. The van der Waals surface area contributed by atoms with Gasteiger partial charge in [0.2, 0.25) is 0 Å². The number of pyridine rings is 1. The fourth-order valence-electron chi connectivity index (χ4n) is 2.05. The number of amides is 1. The van der Waals surface area contributed by atoms with Gasteiger partial charge < -0.3 is 9.64 Å². The number of hydrogen-bond acceptors (Lipinski definition) is 3. The van der Waals surface area contributed by atoms with E-state index in [1.165, 1.54) is 0 Å². The molecule has 0 radical (unpaired) electrons. The molecule has 0 unspecified atom stereocenters. The predicted octanol–water partition coefficient (Wildman–Crippen LogP) is 2.43. The summed E-state index contributed by atoms with van der Waals surface area (Å²) in [6, 6.07) is 13.3. The van der Waals surface area contributed by atoms with E-state index in [1.807, 2.05) is 42.5 Å². The lowest BCUT2D eigenvalue weighted by Gasteiger charge is -2.23. The number of likely N-dealkylation sites (N-methyl/N-ethyl adjacent to an activating group) is 1. The molecule has 20 heavy (non-hydrogen) atoms. The number of carbonyl (C=O) groups excluding carboxylic acids is 1. The molecule has 0 saturated carbocycles. The van der Waals surface area contributed by atoms with Crippen LogP contribution in [0.3, 0.4) is 0 Å². The first-order valence-corrected chi connectivity index (χ1v) is 6.44. The van der Waals surface area contributed by atoms with E-state index in [2.05, 4.69) is 4.98 Å². The highest BCUT2D eigenvalue weighted by Crippen LogP contribution is 2.19. The predicted molar refractivity (Wildman–Crippen MR) is 76.9 cm³/mol. The van der Waals surface area contributed by atoms with Crippen LogP contribution in [-0.2, 0) is 16.1 Å². The van der Waals surface area contributed by atoms with Crippen LogP contribution in [0, 0.1) is 0 Å². The molecule has 0 aliphatic carbocycles. The van der Waals surface area contributed by atoms with Crippen LogP contribution in [0.1, 0.15) is 17.2 Å². The molecule has 0 fully saturated rings. The Morgan fingerprint density at radius 2 is 1.85 bits per heavy atom. The summed E-state index contributed by atoms with van der Waals surface area (Å²) >= 11 is 0. The van der Waals surface area contributed by atoms with Crippen molar-refractivity contribution in [3.05, 3.63) is 66.0 Å². The number of benzene rings is 1. The molecule has 0 aliphatic rings. The van der Waals surface area contributed by atoms with Crippen molar-refractivity contribution < 1.29 is 9.53 Å². The minimum Gasteiger partial charge on any atom is -0.367 e. The first-order valence-electron chi connectivity index (χ1n) is 6.44. The molecule has 0 spiro atoms. The second kappa shape index (κ2) is 6.82. The van der Waals surface area contributed by atoms with Gasteiger partial charge in [0.15, 0.2) is 6.10 Å². The van der Waals surface area contributed by atoms with E-state index in [4.69, 9.17) is 4.74 Å². The zero-order chi connectivity index (χ0) is 14.4. The highest BCUT2D eigenvalue weighted by Gasteiger charge is 2.23. The van der Waals surface area contributed by atoms with Crippen molar-refractivity contribution in [1.29, 1.82) is 0 Å². The van der Waals surface area contributed by atoms with Crippen LogP contribution in [-0.4, -0.2) is 29.9 Å². The highest BCUT2D eigenvalue weighted by atomic mass is 16.5. The number of nitrogens with zero attached hydrogens (tertiary/aromatic N) is 2. The summed E-state index contributed by atoms with van der Waals surface area (Å²) in [6.07, 6.45) is 2.88. The van der Waals surface area contributed by atoms with Crippen LogP contribution in [0.2, 0.25) is 0 Å². The molecule has 1 heterocycles. The van der Waals surface area contributed by atoms with E-state index in [0.29, 0.717) is 6.54 Å². The normalized spacial score (nSPS) is 11.9. The van der Waals surface area contributed by atoms with Crippen LogP contribution in [0.25, 0.3) is 0 Å². The molecule has 1 aromatic carbocycles. The third kappa shape index (κ3) is 3.42. The monoisotopic (exact) mass is 270 g/mol. The van der Waals surface area contributed by atoms with E-state index in [9.17, 15) is 4.79 Å². The first-order chi connectivity index (χ1) is 9.72. The van der Waals surface area contributed by atoms with E-state index >= 15 is 0 Å². The lowest BCUT2D eigenvalue weighted by atomic mass is 10.1. The van der Waals surface area contributed by atoms with Gasteiger partial charge in [-0.25, -0.2) is 0 Å². The zero-order valence-electron chi connectivity index (χ0n) is 11.7. The Labute approximate surface area is 119 Å². The number of hydrogen-bond donors (Lipinski definition) is 0. The number of methoxy groups -OCH3 is 1. The molecule has 104 valence electrons. The molecular weight excluding hydrogens is 252 g/mol. The van der Waals surface area contributed by atoms with Crippen LogP contribution in [0.15, 0.2) is 54.9 Å². The van der Waals surface area contributed by atoms with Crippen molar-refractivity contribution in [2.24, 2.45) is 0 Å². The third-order valence-electron chi connectivity index (χ3n) is 3.11. The van der Waals surface area contributed by atoms with Crippen LogP contribution >= 0.6 is 0 Å². The highest BCUT2D eigenvalue weighted by molar-refractivity contribution is 5.82. The Morgan fingerprint density at radius 3 is 2.45 bits per heavy atom. The van der Waals surface area contributed by atoms with Gasteiger partial charge in [-0.1, -0.05) is 30.3 Å². The maximum Gasteiger partial charge on any atom is 0.256 e. The molecule has 0 aliphatic heterocycles. The number of rotatable bonds is 5. The molecule has 0 saturated heterocycles. The van der Waals surface area contributed by atoms with Crippen molar-refractivity contribution >= 4 is 5.91 Å². The van der Waals surface area contributed by atoms with Gasteiger partial charge in [-0.2, -0.15) is 0 Å². The number of ether oxygens (including phenoxy) is 1. The van der Waals surface area contributed by atoms with E-state index in [0.717, 1.165) is 11.1 Å². The van der Waals surface area contributed by atoms with Crippen molar-refractivity contribution in [2.75, 3.05) is 14.2 Å². The molecule has 4 nitrogen and oxygen atoms in total. The Kier molecular flexibility index (Phi) is 4.85. The molecule has 2 aromatic rings. The minimum atomic E-state index is -0.567. The maximum absolute atomic E-state index is 12.5. The molecular formula is C16H18N2O2. The fourth-order valence-corrected chi connectivity index (χ4v) is 2.05. The summed E-state index contributed by atoms with van der Waals surface area (Å²) in [7, 11) is 3.33. The standard InChI is InChI=1S/C16H18N2O2/c1-18(12-13-8-10-17-11-9-13)16(19)15(20-2)14-6-4-3-5-7-14/h3-11,15H,12H2,1-2H3/t15-/m1/s1. The molecule has 0 bridgehead atoms. The Bertz CT molecular complexity index is 543. The third-order valence-corrected chi connectivity index (χ3v) is 3.11. The lowest BCUT2D eigenvalue weighted by Crippen LogP contribution is -2.32. The summed E-state index contributed by atoms with van der Waals surface area (Å²) in [5, 5.41) is 0. The van der Waals surface area contributed by atoms with Crippen molar-refractivity contribution in [2.45, 2.75) is 12.6 Å². The largest absolute Gasteiger partial charge is 0.367 e. The van der Waals surface area contributed by atoms with Gasteiger partial charge in [-0.15, -0.1) is 0 Å². The summed E-state index contributed by atoms with van der Waals surface area (Å²) in [5.74, 6) is -0.0597. The first kappa shape index (κ1) is 14.2. The van der Waals surface area contributed by atoms with Gasteiger partial charge in [0.25, 0.3) is 5.91 Å². The average Bonchev–Trinajstić information content (AvgIpc) is 2.50. The zero-order valence-corrected chi connectivity index (χ0v) is 11.7. The molecule has 4 heteroatoms. The quantitative estimate of drug-likeness (QED) is 0.838. The van der Waals surface area contributed by atoms with Gasteiger partial charge in [0.05, 0.1) is 0 Å². The van der Waals surface area contributed by atoms with Crippen molar-refractivity contribution in [3.63, 3.8) is 0 Å². The number of carbonyl (C=O) groups is 1.